The minimum atomic E-state index is -0.564. The van der Waals surface area contributed by atoms with Crippen molar-refractivity contribution in [2.24, 2.45) is 5.92 Å². The Labute approximate surface area is 257 Å². The summed E-state index contributed by atoms with van der Waals surface area (Å²) < 4.78 is 7.11. The lowest BCUT2D eigenvalue weighted by Gasteiger charge is -2.31. The zero-order valence-corrected chi connectivity index (χ0v) is 25.7. The lowest BCUT2D eigenvalue weighted by Crippen LogP contribution is -2.42. The number of fused-ring (bicyclic) bond motifs is 3. The summed E-state index contributed by atoms with van der Waals surface area (Å²) in [7, 11) is 0. The number of benzene rings is 2. The molecule has 0 aliphatic carbocycles. The van der Waals surface area contributed by atoms with Gasteiger partial charge < -0.3 is 10.1 Å². The number of carbonyl (C=O) groups is 2. The van der Waals surface area contributed by atoms with Crippen LogP contribution in [0.2, 0.25) is 0 Å². The molecule has 1 fully saturated rings. The molecule has 6 rings (SSSR count). The van der Waals surface area contributed by atoms with Crippen LogP contribution in [0.4, 0.5) is 0 Å². The van der Waals surface area contributed by atoms with Crippen LogP contribution in [0.15, 0.2) is 72.9 Å². The normalized spacial score (nSPS) is 14.6. The van der Waals surface area contributed by atoms with Crippen molar-refractivity contribution in [2.45, 2.75) is 52.7 Å². The molecule has 226 valence electrons. The minimum Gasteiger partial charge on any atom is -0.459 e. The number of pyridine rings is 1. The third kappa shape index (κ3) is 6.63. The number of ether oxygens (including phenoxy) is 1. The Kier molecular flexibility index (Phi) is 8.14. The van der Waals surface area contributed by atoms with Gasteiger partial charge in [0.2, 0.25) is 5.91 Å². The number of nitrogens with zero attached hydrogens (tertiary/aromatic N) is 5. The van der Waals surface area contributed by atoms with Gasteiger partial charge in [-0.05, 0) is 70.8 Å². The molecule has 1 aliphatic heterocycles. The molecule has 9 nitrogen and oxygen atoms in total. The van der Waals surface area contributed by atoms with Crippen LogP contribution in [0.5, 0.6) is 0 Å². The van der Waals surface area contributed by atoms with Gasteiger partial charge in [-0.1, -0.05) is 54.6 Å². The summed E-state index contributed by atoms with van der Waals surface area (Å²) in [5.74, 6) is -0.578. The molecule has 1 N–H and O–H groups in total. The number of amides is 1. The molecular weight excluding hydrogens is 552 g/mol. The van der Waals surface area contributed by atoms with E-state index in [9.17, 15) is 9.59 Å². The number of hydrogen-bond donors (Lipinski definition) is 1. The van der Waals surface area contributed by atoms with E-state index in [1.807, 2.05) is 62.7 Å². The second-order valence-corrected chi connectivity index (χ2v) is 12.5. The Hall–Kier alpha value is -4.63. The fourth-order valence-corrected chi connectivity index (χ4v) is 5.77. The first-order valence-electron chi connectivity index (χ1n) is 15.2. The van der Waals surface area contributed by atoms with Crippen LogP contribution in [0.3, 0.4) is 0 Å². The lowest BCUT2D eigenvalue weighted by molar-refractivity contribution is -0.154. The second kappa shape index (κ2) is 12.2. The van der Waals surface area contributed by atoms with Gasteiger partial charge >= 0.3 is 5.97 Å². The van der Waals surface area contributed by atoms with Gasteiger partial charge in [0.15, 0.2) is 11.3 Å². The highest BCUT2D eigenvalue weighted by Crippen LogP contribution is 2.34. The molecule has 0 spiro atoms. The molecule has 0 bridgehead atoms. The second-order valence-electron chi connectivity index (χ2n) is 12.5. The van der Waals surface area contributed by atoms with E-state index in [2.05, 4.69) is 62.8 Å². The number of esters is 1. The van der Waals surface area contributed by atoms with Crippen LogP contribution < -0.4 is 5.32 Å². The summed E-state index contributed by atoms with van der Waals surface area (Å²) in [5, 5.41) is 8.33. The van der Waals surface area contributed by atoms with Gasteiger partial charge in [-0.3, -0.25) is 14.5 Å². The van der Waals surface area contributed by atoms with Crippen LogP contribution in [-0.4, -0.2) is 61.6 Å². The van der Waals surface area contributed by atoms with E-state index in [0.29, 0.717) is 0 Å². The van der Waals surface area contributed by atoms with E-state index in [1.54, 1.807) is 0 Å². The third-order valence-corrected chi connectivity index (χ3v) is 7.88. The van der Waals surface area contributed by atoms with Crippen LogP contribution in [-0.2, 0) is 20.9 Å². The average molecular weight is 591 g/mol. The number of piperidine rings is 1. The van der Waals surface area contributed by atoms with Crippen LogP contribution >= 0.6 is 0 Å². The van der Waals surface area contributed by atoms with Crippen LogP contribution in [0.25, 0.3) is 39.1 Å². The highest BCUT2D eigenvalue weighted by Gasteiger charge is 2.26. The van der Waals surface area contributed by atoms with E-state index in [-0.39, 0.29) is 18.4 Å². The molecule has 9 heteroatoms. The molecule has 0 radical (unpaired) electrons. The molecule has 1 aliphatic rings. The summed E-state index contributed by atoms with van der Waals surface area (Å²) >= 11 is 0. The number of rotatable bonds is 7. The van der Waals surface area contributed by atoms with Gasteiger partial charge in [0.1, 0.15) is 12.1 Å². The molecule has 0 saturated carbocycles. The number of nitrogens with one attached hydrogen (secondary N) is 1. The van der Waals surface area contributed by atoms with E-state index in [4.69, 9.17) is 9.72 Å². The van der Waals surface area contributed by atoms with Gasteiger partial charge in [-0.2, -0.15) is 9.61 Å². The summed E-state index contributed by atoms with van der Waals surface area (Å²) in [6.07, 6.45) is 3.39. The summed E-state index contributed by atoms with van der Waals surface area (Å²) in [5.41, 5.74) is 7.16. The van der Waals surface area contributed by atoms with Crippen LogP contribution in [0, 0.1) is 12.8 Å². The van der Waals surface area contributed by atoms with Crippen molar-refractivity contribution in [3.05, 3.63) is 84.2 Å². The quantitative estimate of drug-likeness (QED) is 0.247. The van der Waals surface area contributed by atoms with Crippen molar-refractivity contribution in [1.29, 1.82) is 0 Å². The largest absolute Gasteiger partial charge is 0.459 e. The molecule has 2 aromatic carbocycles. The van der Waals surface area contributed by atoms with Gasteiger partial charge in [-0.25, -0.2) is 9.97 Å². The van der Waals surface area contributed by atoms with Crippen molar-refractivity contribution in [2.75, 3.05) is 19.6 Å². The fourth-order valence-electron chi connectivity index (χ4n) is 5.77. The van der Waals surface area contributed by atoms with E-state index in [0.717, 1.165) is 77.2 Å². The SMILES string of the molecule is Cc1cc2ncc3cc(-c4ccccc4)c(-c4ccc(CN5CCC(C(=O)NCC(=O)OC(C)(C)C)CC5)cc4)nc3n2n1. The van der Waals surface area contributed by atoms with Crippen LogP contribution in [0.1, 0.15) is 44.9 Å². The van der Waals surface area contributed by atoms with E-state index >= 15 is 0 Å². The predicted molar refractivity (Wildman–Crippen MR) is 171 cm³/mol. The van der Waals surface area contributed by atoms with Crippen molar-refractivity contribution in [1.82, 2.24) is 29.8 Å². The molecule has 0 unspecified atom stereocenters. The Morgan fingerprint density at radius 1 is 0.977 bits per heavy atom. The Morgan fingerprint density at radius 2 is 1.70 bits per heavy atom. The molecule has 4 heterocycles. The molecule has 1 amide bonds. The first kappa shape index (κ1) is 29.4. The summed E-state index contributed by atoms with van der Waals surface area (Å²) in [4.78, 5) is 36.7. The Bertz CT molecular complexity index is 1800. The molecule has 3 aromatic heterocycles. The number of carbonyl (C=O) groups excluding carboxylic acids is 2. The fraction of sp³-hybridized carbons (Fsp3) is 0.343. The highest BCUT2D eigenvalue weighted by atomic mass is 16.6. The number of likely N-dealkylation sites (tertiary alicyclic amines) is 1. The summed E-state index contributed by atoms with van der Waals surface area (Å²) in [6.45, 7) is 9.77. The maximum absolute atomic E-state index is 12.6. The standard InChI is InChI=1S/C35H38N6O3/c1-23-18-30-36-20-28-19-29(25-8-6-5-7-9-25)32(38-33(28)41(30)39-23)26-12-10-24(11-13-26)22-40-16-14-27(15-17-40)34(43)37-21-31(42)44-35(2,3)4/h5-13,18-20,27H,14-17,21-22H2,1-4H3,(H,37,43). The number of aromatic nitrogens is 4. The minimum absolute atomic E-state index is 0.0738. The maximum atomic E-state index is 12.6. The van der Waals surface area contributed by atoms with Crippen molar-refractivity contribution in [3.63, 3.8) is 0 Å². The van der Waals surface area contributed by atoms with E-state index < -0.39 is 11.6 Å². The third-order valence-electron chi connectivity index (χ3n) is 7.88. The molecule has 5 aromatic rings. The first-order valence-corrected chi connectivity index (χ1v) is 15.2. The Balaban J connectivity index is 1.15. The first-order chi connectivity index (χ1) is 21.1. The molecule has 0 atom stereocenters. The highest BCUT2D eigenvalue weighted by molar-refractivity contribution is 5.90. The predicted octanol–water partition coefficient (Wildman–Crippen LogP) is 5.59. The zero-order chi connectivity index (χ0) is 30.8. The smallest absolute Gasteiger partial charge is 0.325 e. The molecule has 1 saturated heterocycles. The Morgan fingerprint density at radius 3 is 2.41 bits per heavy atom. The van der Waals surface area contributed by atoms with Crippen molar-refractivity contribution >= 4 is 28.6 Å². The van der Waals surface area contributed by atoms with Gasteiger partial charge in [0, 0.05) is 41.2 Å². The molecule has 44 heavy (non-hydrogen) atoms. The number of aryl methyl sites for hydroxylation is 1. The van der Waals surface area contributed by atoms with Gasteiger partial charge in [-0.15, -0.1) is 0 Å². The average Bonchev–Trinajstić information content (AvgIpc) is 3.40. The topological polar surface area (TPSA) is 102 Å². The van der Waals surface area contributed by atoms with E-state index in [1.165, 1.54) is 5.56 Å². The van der Waals surface area contributed by atoms with Crippen molar-refractivity contribution < 1.29 is 14.3 Å². The molecular formula is C35H38N6O3. The number of hydrogen-bond acceptors (Lipinski definition) is 7. The van der Waals surface area contributed by atoms with Crippen molar-refractivity contribution in [3.8, 4) is 22.4 Å². The summed E-state index contributed by atoms with van der Waals surface area (Å²) in [6, 6.07) is 23.0. The lowest BCUT2D eigenvalue weighted by atomic mass is 9.95. The van der Waals surface area contributed by atoms with Gasteiger partial charge in [0.05, 0.1) is 11.4 Å². The monoisotopic (exact) mass is 590 g/mol. The zero-order valence-electron chi connectivity index (χ0n) is 25.7. The maximum Gasteiger partial charge on any atom is 0.325 e. The van der Waals surface area contributed by atoms with Gasteiger partial charge in [0.25, 0.3) is 0 Å².